The number of hydrogen-bond donors (Lipinski definition) is 0. The molecule has 2 aromatic carbocycles. The molecule has 1 saturated heterocycles. The van der Waals surface area contributed by atoms with Gasteiger partial charge in [0, 0.05) is 13.6 Å². The molecule has 132 valence electrons. The Morgan fingerprint density at radius 3 is 2.44 bits per heavy atom. The van der Waals surface area contributed by atoms with Crippen LogP contribution in [0.1, 0.15) is 22.1 Å². The summed E-state index contributed by atoms with van der Waals surface area (Å²) in [6.07, 6.45) is 1.30. The van der Waals surface area contributed by atoms with Gasteiger partial charge < -0.3 is 9.64 Å². The second-order valence-electron chi connectivity index (χ2n) is 6.02. The molecular weight excluding hydrogens is 350 g/mol. The number of carbonyl (C=O) groups excluding carboxylic acids is 1. The molecule has 0 atom stereocenters. The predicted octanol–water partition coefficient (Wildman–Crippen LogP) is 4.59. The molecule has 1 aliphatic heterocycles. The molecule has 0 aliphatic carbocycles. The minimum Gasteiger partial charge on any atom is -0.484 e. The van der Waals surface area contributed by atoms with Crippen molar-refractivity contribution in [2.24, 2.45) is 0 Å². The lowest BCUT2D eigenvalue weighted by Crippen LogP contribution is -2.30. The van der Waals surface area contributed by atoms with Gasteiger partial charge >= 0.3 is 0 Å². The Hall–Kier alpha value is -1.59. The normalized spacial score (nSPS) is 14.9. The molecule has 5 heteroatoms. The summed E-state index contributed by atoms with van der Waals surface area (Å²) < 4.78 is 6.19. The van der Waals surface area contributed by atoms with Crippen LogP contribution in [-0.2, 0) is 11.3 Å². The lowest BCUT2D eigenvalue weighted by Gasteiger charge is -2.21. The van der Waals surface area contributed by atoms with Crippen molar-refractivity contribution in [3.63, 3.8) is 0 Å². The van der Waals surface area contributed by atoms with Gasteiger partial charge in [0.25, 0.3) is 5.91 Å². The SMILES string of the molecule is CN(Cc1ccccc1)C(=O)COc1ccc(C2SCCCS2)cc1. The number of carbonyl (C=O) groups is 1. The van der Waals surface area contributed by atoms with E-state index >= 15 is 0 Å². The number of amides is 1. The maximum atomic E-state index is 12.2. The predicted molar refractivity (Wildman–Crippen MR) is 107 cm³/mol. The average molecular weight is 374 g/mol. The quantitative estimate of drug-likeness (QED) is 0.740. The van der Waals surface area contributed by atoms with E-state index in [0.717, 1.165) is 11.3 Å². The van der Waals surface area contributed by atoms with Gasteiger partial charge in [-0.2, -0.15) is 0 Å². The van der Waals surface area contributed by atoms with Gasteiger partial charge in [-0.05, 0) is 41.2 Å². The Labute approximate surface area is 158 Å². The van der Waals surface area contributed by atoms with E-state index in [1.54, 1.807) is 11.9 Å². The van der Waals surface area contributed by atoms with E-state index in [1.807, 2.05) is 66.0 Å². The summed E-state index contributed by atoms with van der Waals surface area (Å²) in [5, 5.41) is 0. The number of rotatable bonds is 6. The van der Waals surface area contributed by atoms with Crippen molar-refractivity contribution in [1.82, 2.24) is 4.90 Å². The van der Waals surface area contributed by atoms with Crippen molar-refractivity contribution in [2.45, 2.75) is 17.5 Å². The topological polar surface area (TPSA) is 29.5 Å². The molecule has 1 fully saturated rings. The molecule has 1 aliphatic rings. The van der Waals surface area contributed by atoms with Crippen LogP contribution in [-0.4, -0.2) is 36.0 Å². The number of nitrogens with zero attached hydrogens (tertiary/aromatic N) is 1. The summed E-state index contributed by atoms with van der Waals surface area (Å²) in [6, 6.07) is 18.1. The fourth-order valence-corrected chi connectivity index (χ4v) is 5.50. The van der Waals surface area contributed by atoms with Crippen molar-refractivity contribution < 1.29 is 9.53 Å². The molecular formula is C20H23NO2S2. The van der Waals surface area contributed by atoms with E-state index in [-0.39, 0.29) is 12.5 Å². The smallest absolute Gasteiger partial charge is 0.260 e. The Bertz CT molecular complexity index is 670. The highest BCUT2D eigenvalue weighted by molar-refractivity contribution is 8.16. The molecule has 3 nitrogen and oxygen atoms in total. The Morgan fingerprint density at radius 1 is 1.08 bits per heavy atom. The third-order valence-electron chi connectivity index (χ3n) is 4.03. The number of hydrogen-bond acceptors (Lipinski definition) is 4. The molecule has 1 heterocycles. The van der Waals surface area contributed by atoms with E-state index in [4.69, 9.17) is 4.74 Å². The first-order valence-corrected chi connectivity index (χ1v) is 10.6. The number of thioether (sulfide) groups is 2. The highest BCUT2D eigenvalue weighted by atomic mass is 32.2. The van der Waals surface area contributed by atoms with Crippen molar-refractivity contribution in [2.75, 3.05) is 25.2 Å². The molecule has 25 heavy (non-hydrogen) atoms. The second-order valence-corrected chi connectivity index (χ2v) is 8.74. The van der Waals surface area contributed by atoms with E-state index in [9.17, 15) is 4.79 Å². The summed E-state index contributed by atoms with van der Waals surface area (Å²) in [6.45, 7) is 0.660. The van der Waals surface area contributed by atoms with Crippen molar-refractivity contribution in [3.05, 3.63) is 65.7 Å². The molecule has 0 aromatic heterocycles. The van der Waals surface area contributed by atoms with E-state index in [2.05, 4.69) is 12.1 Å². The van der Waals surface area contributed by atoms with Crippen LogP contribution in [0, 0.1) is 0 Å². The molecule has 0 spiro atoms. The molecule has 0 saturated carbocycles. The molecule has 0 radical (unpaired) electrons. The lowest BCUT2D eigenvalue weighted by molar-refractivity contribution is -0.132. The fraction of sp³-hybridized carbons (Fsp3) is 0.350. The van der Waals surface area contributed by atoms with Crippen LogP contribution >= 0.6 is 23.5 Å². The molecule has 2 aromatic rings. The molecule has 0 unspecified atom stereocenters. The lowest BCUT2D eigenvalue weighted by atomic mass is 10.2. The number of benzene rings is 2. The highest BCUT2D eigenvalue weighted by Gasteiger charge is 2.16. The first-order chi connectivity index (χ1) is 12.2. The highest BCUT2D eigenvalue weighted by Crippen LogP contribution is 2.43. The molecule has 3 rings (SSSR count). The summed E-state index contributed by atoms with van der Waals surface area (Å²) in [5.41, 5.74) is 2.44. The van der Waals surface area contributed by atoms with Gasteiger partial charge in [0.05, 0.1) is 4.58 Å². The van der Waals surface area contributed by atoms with Gasteiger partial charge in [0.15, 0.2) is 6.61 Å². The zero-order valence-corrected chi connectivity index (χ0v) is 16.0. The van der Waals surface area contributed by atoms with Gasteiger partial charge in [-0.3, -0.25) is 4.79 Å². The monoisotopic (exact) mass is 373 g/mol. The minimum atomic E-state index is -0.0219. The van der Waals surface area contributed by atoms with Crippen molar-refractivity contribution in [3.8, 4) is 5.75 Å². The van der Waals surface area contributed by atoms with E-state index in [1.165, 1.54) is 23.5 Å². The Balaban J connectivity index is 1.48. The zero-order chi connectivity index (χ0) is 17.5. The van der Waals surface area contributed by atoms with Crippen LogP contribution in [0.15, 0.2) is 54.6 Å². The summed E-state index contributed by atoms with van der Waals surface area (Å²) in [5.74, 6) is 3.19. The molecule has 1 amide bonds. The molecule has 0 N–H and O–H groups in total. The maximum Gasteiger partial charge on any atom is 0.260 e. The average Bonchev–Trinajstić information content (AvgIpc) is 2.68. The van der Waals surface area contributed by atoms with E-state index in [0.29, 0.717) is 11.1 Å². The third-order valence-corrected chi connectivity index (χ3v) is 7.05. The Kier molecular flexibility index (Phi) is 6.70. The van der Waals surface area contributed by atoms with Gasteiger partial charge in [-0.15, -0.1) is 23.5 Å². The van der Waals surface area contributed by atoms with E-state index < -0.39 is 0 Å². The van der Waals surface area contributed by atoms with Gasteiger partial charge in [-0.25, -0.2) is 0 Å². The zero-order valence-electron chi connectivity index (χ0n) is 14.4. The van der Waals surface area contributed by atoms with Crippen molar-refractivity contribution >= 4 is 29.4 Å². The van der Waals surface area contributed by atoms with Gasteiger partial charge in [0.2, 0.25) is 0 Å². The number of likely N-dealkylation sites (N-methyl/N-ethyl adjacent to an activating group) is 1. The Morgan fingerprint density at radius 2 is 1.76 bits per heavy atom. The first kappa shape index (κ1) is 18.2. The van der Waals surface area contributed by atoms with Crippen LogP contribution in [0.3, 0.4) is 0 Å². The van der Waals surface area contributed by atoms with Crippen LogP contribution in [0.2, 0.25) is 0 Å². The minimum absolute atomic E-state index is 0.0219. The fourth-order valence-electron chi connectivity index (χ4n) is 2.60. The molecule has 0 bridgehead atoms. The third kappa shape index (κ3) is 5.44. The van der Waals surface area contributed by atoms with Crippen molar-refractivity contribution in [1.29, 1.82) is 0 Å². The van der Waals surface area contributed by atoms with Gasteiger partial charge in [-0.1, -0.05) is 42.5 Å². The summed E-state index contributed by atoms with van der Waals surface area (Å²) in [4.78, 5) is 13.9. The standard InChI is InChI=1S/C20H23NO2S2/c1-21(14-16-6-3-2-4-7-16)19(22)15-23-18-10-8-17(9-11-18)20-24-12-5-13-25-20/h2-4,6-11,20H,5,12-15H2,1H3. The van der Waals surface area contributed by atoms with Crippen LogP contribution in [0.5, 0.6) is 5.75 Å². The number of ether oxygens (including phenoxy) is 1. The summed E-state index contributed by atoms with van der Waals surface area (Å²) >= 11 is 4.01. The van der Waals surface area contributed by atoms with Crippen LogP contribution < -0.4 is 4.74 Å². The van der Waals surface area contributed by atoms with Gasteiger partial charge in [0.1, 0.15) is 5.75 Å². The van der Waals surface area contributed by atoms with Crippen LogP contribution in [0.4, 0.5) is 0 Å². The van der Waals surface area contributed by atoms with Crippen LogP contribution in [0.25, 0.3) is 0 Å². The maximum absolute atomic E-state index is 12.2. The summed E-state index contributed by atoms with van der Waals surface area (Å²) in [7, 11) is 1.80. The largest absolute Gasteiger partial charge is 0.484 e. The second kappa shape index (κ2) is 9.20. The first-order valence-electron chi connectivity index (χ1n) is 8.46.